The van der Waals surface area contributed by atoms with Crippen molar-refractivity contribution in [3.8, 4) is 0 Å². The van der Waals surface area contributed by atoms with Crippen LogP contribution < -0.4 is 11.5 Å². The first-order valence-corrected chi connectivity index (χ1v) is 9.94. The molecule has 0 aliphatic carbocycles. The third-order valence-corrected chi connectivity index (χ3v) is 8.74. The van der Waals surface area contributed by atoms with Gasteiger partial charge in [0.15, 0.2) is 8.32 Å². The first kappa shape index (κ1) is 17.0. The van der Waals surface area contributed by atoms with Gasteiger partial charge in [0.25, 0.3) is 0 Å². The predicted octanol–water partition coefficient (Wildman–Crippen LogP) is 3.55. The first-order chi connectivity index (χ1) is 8.88. The van der Waals surface area contributed by atoms with Crippen LogP contribution in [0.4, 0.5) is 11.4 Å². The van der Waals surface area contributed by atoms with Crippen molar-refractivity contribution in [1.29, 1.82) is 0 Å². The van der Waals surface area contributed by atoms with Gasteiger partial charge in [-0.3, -0.25) is 4.98 Å². The van der Waals surface area contributed by atoms with E-state index >= 15 is 0 Å². The summed E-state index contributed by atoms with van der Waals surface area (Å²) >= 11 is 0. The quantitative estimate of drug-likeness (QED) is 0.833. The molecule has 114 valence electrons. The predicted molar refractivity (Wildman–Crippen MR) is 89.2 cm³/mol. The van der Waals surface area contributed by atoms with E-state index in [-0.39, 0.29) is 10.5 Å². The third kappa shape index (κ3) is 3.52. The summed E-state index contributed by atoms with van der Waals surface area (Å²) in [5.41, 5.74) is 13.6. The summed E-state index contributed by atoms with van der Waals surface area (Å²) in [5.74, 6) is 0. The highest BCUT2D eigenvalue weighted by molar-refractivity contribution is 6.74. The molecule has 0 unspecified atom stereocenters. The van der Waals surface area contributed by atoms with Crippen molar-refractivity contribution in [1.82, 2.24) is 4.98 Å². The second kappa shape index (κ2) is 5.37. The molecule has 1 heterocycles. The van der Waals surface area contributed by atoms with Gasteiger partial charge in [-0.2, -0.15) is 0 Å². The molecule has 0 saturated carbocycles. The van der Waals surface area contributed by atoms with Gasteiger partial charge in [0, 0.05) is 18.2 Å². The maximum atomic E-state index is 6.31. The average molecular weight is 296 g/mol. The van der Waals surface area contributed by atoms with Crippen LogP contribution in [-0.4, -0.2) is 19.9 Å². The van der Waals surface area contributed by atoms with Crippen LogP contribution in [0.1, 0.15) is 40.3 Å². The van der Waals surface area contributed by atoms with Gasteiger partial charge < -0.3 is 15.9 Å². The lowest BCUT2D eigenvalue weighted by Gasteiger charge is -2.39. The molecule has 1 rings (SSSR count). The van der Waals surface area contributed by atoms with Crippen LogP contribution in [0.5, 0.6) is 0 Å². The van der Waals surface area contributed by atoms with E-state index in [1.807, 2.05) is 0 Å². The van der Waals surface area contributed by atoms with E-state index in [2.05, 4.69) is 52.7 Å². The number of rotatable bonds is 4. The second-order valence-corrected chi connectivity index (χ2v) is 12.4. The molecule has 5 heteroatoms. The normalized spacial score (nSPS) is 13.6. The van der Waals surface area contributed by atoms with Gasteiger partial charge in [-0.15, -0.1) is 0 Å². The third-order valence-electron chi connectivity index (χ3n) is 4.26. The van der Waals surface area contributed by atoms with Gasteiger partial charge in [0.1, 0.15) is 0 Å². The van der Waals surface area contributed by atoms with Crippen LogP contribution in [0.3, 0.4) is 0 Å². The van der Waals surface area contributed by atoms with Gasteiger partial charge >= 0.3 is 0 Å². The molecule has 20 heavy (non-hydrogen) atoms. The lowest BCUT2D eigenvalue weighted by Crippen LogP contribution is -2.44. The molecular weight excluding hydrogens is 266 g/mol. The van der Waals surface area contributed by atoms with E-state index in [0.29, 0.717) is 18.0 Å². The van der Waals surface area contributed by atoms with Crippen molar-refractivity contribution >= 4 is 19.7 Å². The van der Waals surface area contributed by atoms with Crippen molar-refractivity contribution in [2.45, 2.75) is 58.2 Å². The van der Waals surface area contributed by atoms with Crippen LogP contribution in [0, 0.1) is 0 Å². The second-order valence-electron chi connectivity index (χ2n) is 7.60. The van der Waals surface area contributed by atoms with E-state index in [1.54, 1.807) is 12.3 Å². The highest BCUT2D eigenvalue weighted by Gasteiger charge is 2.39. The average Bonchev–Trinajstić information content (AvgIpc) is 2.29. The Bertz CT molecular complexity index is 478. The first-order valence-electron chi connectivity index (χ1n) is 7.03. The summed E-state index contributed by atoms with van der Waals surface area (Å²) in [6, 6.07) is 1.73. The molecule has 1 aromatic heterocycles. The number of hydrogen-bond donors (Lipinski definition) is 2. The number of aromatic nitrogens is 1. The maximum absolute atomic E-state index is 6.31. The Hall–Kier alpha value is -1.07. The monoisotopic (exact) mass is 295 g/mol. The molecule has 0 aliphatic rings. The topological polar surface area (TPSA) is 74.2 Å². The van der Waals surface area contributed by atoms with Crippen molar-refractivity contribution in [3.63, 3.8) is 0 Å². The molecule has 0 bridgehead atoms. The highest BCUT2D eigenvalue weighted by Crippen LogP contribution is 2.38. The molecular formula is C15H29N3OSi. The summed E-state index contributed by atoms with van der Waals surface area (Å²) in [4.78, 5) is 4.40. The fourth-order valence-corrected chi connectivity index (χ4v) is 2.83. The molecule has 4 nitrogen and oxygen atoms in total. The minimum Gasteiger partial charge on any atom is -0.416 e. The Kier molecular flexibility index (Phi) is 4.56. The van der Waals surface area contributed by atoms with Crippen LogP contribution in [0.15, 0.2) is 12.3 Å². The molecule has 0 aliphatic heterocycles. The summed E-state index contributed by atoms with van der Waals surface area (Å²) in [7, 11) is -1.78. The summed E-state index contributed by atoms with van der Waals surface area (Å²) in [6.45, 7) is 16.0. The molecule has 0 fully saturated rings. The standard InChI is InChI=1S/C15H29N3OSi/c1-14(2,3)20(6,7)19-10-15(4,5)13-12(17)11(16)8-9-18-13/h8-9H,10,17H2,1-7H3,(H2,16,18). The molecule has 0 aromatic carbocycles. The van der Waals surface area contributed by atoms with Crippen molar-refractivity contribution in [2.75, 3.05) is 18.1 Å². The zero-order chi connectivity index (χ0) is 15.8. The molecule has 0 spiro atoms. The summed E-state index contributed by atoms with van der Waals surface area (Å²) in [6.07, 6.45) is 1.70. The largest absolute Gasteiger partial charge is 0.416 e. The Balaban J connectivity index is 2.94. The number of pyridine rings is 1. The Morgan fingerprint density at radius 3 is 2.20 bits per heavy atom. The molecule has 0 radical (unpaired) electrons. The minimum absolute atomic E-state index is 0.192. The maximum Gasteiger partial charge on any atom is 0.192 e. The fraction of sp³-hybridized carbons (Fsp3) is 0.667. The Morgan fingerprint density at radius 1 is 1.15 bits per heavy atom. The lowest BCUT2D eigenvalue weighted by atomic mass is 9.88. The van der Waals surface area contributed by atoms with E-state index in [1.165, 1.54) is 0 Å². The zero-order valence-corrected chi connectivity index (χ0v) is 14.9. The van der Waals surface area contributed by atoms with Gasteiger partial charge in [-0.1, -0.05) is 34.6 Å². The van der Waals surface area contributed by atoms with Gasteiger partial charge in [0.2, 0.25) is 0 Å². The zero-order valence-electron chi connectivity index (χ0n) is 13.9. The molecule has 0 saturated heterocycles. The number of nitrogen functional groups attached to an aromatic ring is 2. The smallest absolute Gasteiger partial charge is 0.192 e. The van der Waals surface area contributed by atoms with Crippen molar-refractivity contribution in [3.05, 3.63) is 18.0 Å². The van der Waals surface area contributed by atoms with E-state index in [4.69, 9.17) is 15.9 Å². The summed E-state index contributed by atoms with van der Waals surface area (Å²) in [5, 5.41) is 0.192. The molecule has 0 atom stereocenters. The summed E-state index contributed by atoms with van der Waals surface area (Å²) < 4.78 is 6.31. The van der Waals surface area contributed by atoms with E-state index < -0.39 is 8.32 Å². The Morgan fingerprint density at radius 2 is 1.70 bits per heavy atom. The van der Waals surface area contributed by atoms with Crippen LogP contribution in [-0.2, 0) is 9.84 Å². The highest BCUT2D eigenvalue weighted by atomic mass is 28.4. The van der Waals surface area contributed by atoms with Crippen molar-refractivity contribution in [2.24, 2.45) is 0 Å². The van der Waals surface area contributed by atoms with Gasteiger partial charge in [-0.05, 0) is 24.2 Å². The van der Waals surface area contributed by atoms with Gasteiger partial charge in [-0.25, -0.2) is 0 Å². The number of nitrogens with two attached hydrogens (primary N) is 2. The minimum atomic E-state index is -1.78. The van der Waals surface area contributed by atoms with Crippen LogP contribution >= 0.6 is 0 Å². The van der Waals surface area contributed by atoms with Gasteiger partial charge in [0.05, 0.1) is 17.1 Å². The number of anilines is 2. The van der Waals surface area contributed by atoms with E-state index in [9.17, 15) is 0 Å². The molecule has 0 amide bonds. The SMILES string of the molecule is CC(C)(CO[Si](C)(C)C(C)(C)C)c1nccc(N)c1N. The molecule has 1 aromatic rings. The fourth-order valence-electron chi connectivity index (χ4n) is 1.67. The van der Waals surface area contributed by atoms with E-state index in [0.717, 1.165) is 5.69 Å². The van der Waals surface area contributed by atoms with Crippen LogP contribution in [0.25, 0.3) is 0 Å². The number of hydrogen-bond acceptors (Lipinski definition) is 4. The Labute approximate surface area is 124 Å². The molecule has 4 N–H and O–H groups in total. The lowest BCUT2D eigenvalue weighted by molar-refractivity contribution is 0.217. The number of nitrogens with zero attached hydrogens (tertiary/aromatic N) is 1. The van der Waals surface area contributed by atoms with Crippen molar-refractivity contribution < 1.29 is 4.43 Å². The van der Waals surface area contributed by atoms with Crippen LogP contribution in [0.2, 0.25) is 18.1 Å².